The second kappa shape index (κ2) is 6.61. The van der Waals surface area contributed by atoms with Gasteiger partial charge in [0.2, 0.25) is 0 Å². The van der Waals surface area contributed by atoms with Crippen molar-refractivity contribution in [2.24, 2.45) is 0 Å². The molecule has 2 fully saturated rings. The van der Waals surface area contributed by atoms with Crippen LogP contribution in [0.5, 0.6) is 0 Å². The average Bonchev–Trinajstić information content (AvgIpc) is 3.23. The van der Waals surface area contributed by atoms with E-state index in [-0.39, 0.29) is 0 Å². The van der Waals surface area contributed by atoms with E-state index in [0.717, 1.165) is 11.4 Å². The third-order valence-electron chi connectivity index (χ3n) is 5.65. The van der Waals surface area contributed by atoms with Crippen LogP contribution < -0.4 is 0 Å². The quantitative estimate of drug-likeness (QED) is 0.863. The summed E-state index contributed by atoms with van der Waals surface area (Å²) in [6, 6.07) is 9.72. The Hall–Kier alpha value is -1.78. The number of aromatic nitrogens is 2. The molecule has 126 valence electrons. The number of rotatable bonds is 3. The molecule has 2 saturated heterocycles. The second-order valence-corrected chi connectivity index (χ2v) is 7.23. The first-order valence-electron chi connectivity index (χ1n) is 9.05. The highest BCUT2D eigenvalue weighted by Crippen LogP contribution is 2.32. The van der Waals surface area contributed by atoms with E-state index in [1.807, 2.05) is 12.4 Å². The van der Waals surface area contributed by atoms with E-state index in [4.69, 9.17) is 0 Å². The molecule has 0 amide bonds. The molecule has 0 spiro atoms. The summed E-state index contributed by atoms with van der Waals surface area (Å²) in [6.45, 7) is 2.37. The molecule has 2 unspecified atom stereocenters. The number of pyridine rings is 2. The highest BCUT2D eigenvalue weighted by molar-refractivity contribution is 5.54. The summed E-state index contributed by atoms with van der Waals surface area (Å²) in [5.74, 6) is 0. The maximum absolute atomic E-state index is 4.67. The van der Waals surface area contributed by atoms with Crippen LogP contribution in [0, 0.1) is 0 Å². The van der Waals surface area contributed by atoms with E-state index >= 15 is 0 Å². The van der Waals surface area contributed by atoms with Crippen molar-refractivity contribution in [2.45, 2.75) is 37.8 Å². The molecule has 2 aromatic rings. The van der Waals surface area contributed by atoms with E-state index in [0.29, 0.717) is 12.1 Å². The Morgan fingerprint density at radius 2 is 1.21 bits per heavy atom. The normalized spacial score (nSPS) is 25.4. The molecule has 0 N–H and O–H groups in total. The average molecular weight is 322 g/mol. The zero-order valence-electron chi connectivity index (χ0n) is 14.7. The van der Waals surface area contributed by atoms with Crippen molar-refractivity contribution in [1.82, 2.24) is 19.8 Å². The van der Waals surface area contributed by atoms with Gasteiger partial charge in [0.25, 0.3) is 0 Å². The summed E-state index contributed by atoms with van der Waals surface area (Å²) in [4.78, 5) is 14.2. The number of nitrogens with zero attached hydrogens (tertiary/aromatic N) is 4. The van der Waals surface area contributed by atoms with Gasteiger partial charge in [-0.25, -0.2) is 0 Å². The van der Waals surface area contributed by atoms with Crippen molar-refractivity contribution in [2.75, 3.05) is 27.2 Å². The summed E-state index contributed by atoms with van der Waals surface area (Å²) < 4.78 is 0. The fraction of sp³-hybridized carbons (Fsp3) is 0.500. The van der Waals surface area contributed by atoms with Gasteiger partial charge in [0.05, 0.1) is 11.4 Å². The summed E-state index contributed by atoms with van der Waals surface area (Å²) in [5.41, 5.74) is 4.57. The van der Waals surface area contributed by atoms with Crippen molar-refractivity contribution in [3.8, 4) is 11.4 Å². The molecular weight excluding hydrogens is 296 g/mol. The van der Waals surface area contributed by atoms with Gasteiger partial charge < -0.3 is 0 Å². The maximum atomic E-state index is 4.67. The molecule has 2 aromatic heterocycles. The van der Waals surface area contributed by atoms with Crippen molar-refractivity contribution in [3.63, 3.8) is 0 Å². The molecule has 2 aliphatic rings. The van der Waals surface area contributed by atoms with Crippen LogP contribution in [0.2, 0.25) is 0 Å². The van der Waals surface area contributed by atoms with Crippen LogP contribution in [0.25, 0.3) is 11.4 Å². The third kappa shape index (κ3) is 2.96. The Morgan fingerprint density at radius 1 is 0.750 bits per heavy atom. The van der Waals surface area contributed by atoms with Gasteiger partial charge in [-0.15, -0.1) is 0 Å². The first-order chi connectivity index (χ1) is 11.7. The molecule has 4 rings (SSSR count). The van der Waals surface area contributed by atoms with Gasteiger partial charge >= 0.3 is 0 Å². The van der Waals surface area contributed by atoms with Gasteiger partial charge in [0.1, 0.15) is 0 Å². The van der Waals surface area contributed by atoms with Crippen molar-refractivity contribution < 1.29 is 0 Å². The Kier molecular flexibility index (Phi) is 4.33. The lowest BCUT2D eigenvalue weighted by Gasteiger charge is -2.20. The van der Waals surface area contributed by atoms with E-state index in [9.17, 15) is 0 Å². The summed E-state index contributed by atoms with van der Waals surface area (Å²) in [5, 5.41) is 0. The van der Waals surface area contributed by atoms with Crippen LogP contribution in [0.1, 0.15) is 48.9 Å². The Morgan fingerprint density at radius 3 is 1.50 bits per heavy atom. The summed E-state index contributed by atoms with van der Waals surface area (Å²) in [6.07, 6.45) is 9.09. The van der Waals surface area contributed by atoms with Crippen LogP contribution in [-0.4, -0.2) is 47.0 Å². The number of hydrogen-bond donors (Lipinski definition) is 0. The molecule has 4 nitrogen and oxygen atoms in total. The fourth-order valence-electron chi connectivity index (χ4n) is 4.17. The minimum Gasteiger partial charge on any atom is -0.299 e. The molecule has 24 heavy (non-hydrogen) atoms. The molecule has 0 saturated carbocycles. The lowest BCUT2D eigenvalue weighted by Crippen LogP contribution is -2.17. The Balaban J connectivity index is 1.51. The monoisotopic (exact) mass is 322 g/mol. The molecule has 0 radical (unpaired) electrons. The molecule has 0 aromatic carbocycles. The first kappa shape index (κ1) is 15.7. The van der Waals surface area contributed by atoms with Gasteiger partial charge in [-0.05, 0) is 76.1 Å². The third-order valence-corrected chi connectivity index (χ3v) is 5.65. The lowest BCUT2D eigenvalue weighted by atomic mass is 10.0. The van der Waals surface area contributed by atoms with Gasteiger partial charge in [0.15, 0.2) is 0 Å². The SMILES string of the molecule is CN1CCCC1c1ccc(-c2ccc(C3CCCN3C)cn2)nc1. The maximum Gasteiger partial charge on any atom is 0.0886 e. The predicted molar refractivity (Wildman–Crippen MR) is 96.7 cm³/mol. The molecule has 2 aliphatic heterocycles. The molecular formula is C20H26N4. The zero-order valence-corrected chi connectivity index (χ0v) is 14.7. The molecule has 4 heterocycles. The van der Waals surface area contributed by atoms with E-state index in [2.05, 4.69) is 58.1 Å². The number of likely N-dealkylation sites (tertiary alicyclic amines) is 2. The Labute approximate surface area is 144 Å². The highest BCUT2D eigenvalue weighted by atomic mass is 15.1. The van der Waals surface area contributed by atoms with Crippen LogP contribution in [0.4, 0.5) is 0 Å². The highest BCUT2D eigenvalue weighted by Gasteiger charge is 2.24. The van der Waals surface area contributed by atoms with Gasteiger partial charge in [-0.1, -0.05) is 12.1 Å². The molecule has 2 atom stereocenters. The van der Waals surface area contributed by atoms with E-state index < -0.39 is 0 Å². The van der Waals surface area contributed by atoms with Crippen LogP contribution in [-0.2, 0) is 0 Å². The second-order valence-electron chi connectivity index (χ2n) is 7.23. The predicted octanol–water partition coefficient (Wildman–Crippen LogP) is 3.68. The van der Waals surface area contributed by atoms with Crippen molar-refractivity contribution in [3.05, 3.63) is 47.8 Å². The zero-order chi connectivity index (χ0) is 16.5. The summed E-state index contributed by atoms with van der Waals surface area (Å²) >= 11 is 0. The van der Waals surface area contributed by atoms with E-state index in [1.165, 1.54) is 49.9 Å². The van der Waals surface area contributed by atoms with Crippen LogP contribution in [0.3, 0.4) is 0 Å². The summed E-state index contributed by atoms with van der Waals surface area (Å²) in [7, 11) is 4.40. The standard InChI is InChI=1S/C20H26N4/c1-23-11-3-5-19(23)15-7-9-17(21-13-15)18-10-8-16(14-22-18)20-6-4-12-24(20)2/h7-10,13-14,19-20H,3-6,11-12H2,1-2H3. The largest absolute Gasteiger partial charge is 0.299 e. The smallest absolute Gasteiger partial charge is 0.0886 e. The molecule has 0 aliphatic carbocycles. The minimum absolute atomic E-state index is 0.528. The molecule has 4 heteroatoms. The van der Waals surface area contributed by atoms with Gasteiger partial charge in [-0.2, -0.15) is 0 Å². The molecule has 0 bridgehead atoms. The topological polar surface area (TPSA) is 32.3 Å². The van der Waals surface area contributed by atoms with Gasteiger partial charge in [-0.3, -0.25) is 19.8 Å². The fourth-order valence-corrected chi connectivity index (χ4v) is 4.17. The Bertz CT molecular complexity index is 618. The minimum atomic E-state index is 0.528. The van der Waals surface area contributed by atoms with Gasteiger partial charge in [0, 0.05) is 24.5 Å². The van der Waals surface area contributed by atoms with Crippen molar-refractivity contribution in [1.29, 1.82) is 0 Å². The van der Waals surface area contributed by atoms with Crippen LogP contribution >= 0.6 is 0 Å². The lowest BCUT2D eigenvalue weighted by molar-refractivity contribution is 0.317. The number of hydrogen-bond acceptors (Lipinski definition) is 4. The van der Waals surface area contributed by atoms with E-state index in [1.54, 1.807) is 0 Å². The first-order valence-corrected chi connectivity index (χ1v) is 9.05. The van der Waals surface area contributed by atoms with Crippen LogP contribution in [0.15, 0.2) is 36.7 Å². The van der Waals surface area contributed by atoms with Crippen molar-refractivity contribution >= 4 is 0 Å².